The highest BCUT2D eigenvalue weighted by molar-refractivity contribution is 6.01. The number of halogens is 1. The van der Waals surface area contributed by atoms with Crippen LogP contribution in [0.25, 0.3) is 6.08 Å². The highest BCUT2D eigenvalue weighted by atomic mass is 19.1. The third kappa shape index (κ3) is 2.97. The molecule has 0 N–H and O–H groups in total. The summed E-state index contributed by atoms with van der Waals surface area (Å²) in [5.41, 5.74) is 5.16. The molecule has 0 amide bonds. The fourth-order valence-corrected chi connectivity index (χ4v) is 4.55. The van der Waals surface area contributed by atoms with Crippen molar-refractivity contribution in [2.24, 2.45) is 5.92 Å². The molecule has 2 aromatic carbocycles. The summed E-state index contributed by atoms with van der Waals surface area (Å²) in [6.07, 6.45) is 10.1. The quantitative estimate of drug-likeness (QED) is 0.611. The van der Waals surface area contributed by atoms with Crippen LogP contribution in [0.4, 0.5) is 4.39 Å². The Kier molecular flexibility index (Phi) is 4.16. The molecule has 1 aromatic heterocycles. The number of aryl methyl sites for hydroxylation is 1. The zero-order valence-corrected chi connectivity index (χ0v) is 15.5. The predicted molar refractivity (Wildman–Crippen MR) is 106 cm³/mol. The zero-order chi connectivity index (χ0) is 19.1. The Morgan fingerprint density at radius 3 is 2.79 bits per heavy atom. The molecule has 3 aromatic rings. The predicted octanol–water partition coefficient (Wildman–Crippen LogP) is 4.72. The molecule has 2 aliphatic rings. The fourth-order valence-electron chi connectivity index (χ4n) is 4.55. The van der Waals surface area contributed by atoms with E-state index >= 15 is 0 Å². The van der Waals surface area contributed by atoms with Gasteiger partial charge >= 0.3 is 0 Å². The van der Waals surface area contributed by atoms with E-state index in [1.54, 1.807) is 6.07 Å². The maximum atomic E-state index is 13.7. The normalized spacial score (nSPS) is 20.1. The molecule has 0 fully saturated rings. The topological polar surface area (TPSA) is 20.9 Å². The summed E-state index contributed by atoms with van der Waals surface area (Å²) in [7, 11) is 0. The number of nitrogens with zero attached hydrogens (tertiary/aromatic N) is 1. The van der Waals surface area contributed by atoms with Crippen LogP contribution in [0.1, 0.15) is 45.0 Å². The first-order chi connectivity index (χ1) is 13.7. The summed E-state index contributed by atoms with van der Waals surface area (Å²) in [6, 6.07) is 17.1. The second-order valence-electron chi connectivity index (χ2n) is 7.71. The molecular formula is C25H21FNO+. The van der Waals surface area contributed by atoms with Crippen LogP contribution >= 0.6 is 0 Å². The van der Waals surface area contributed by atoms with Crippen LogP contribution in [0.15, 0.2) is 73.1 Å². The Morgan fingerprint density at radius 1 is 1.07 bits per heavy atom. The zero-order valence-electron chi connectivity index (χ0n) is 15.5. The lowest BCUT2D eigenvalue weighted by Gasteiger charge is -2.27. The lowest BCUT2D eigenvalue weighted by Crippen LogP contribution is -2.34. The van der Waals surface area contributed by atoms with Crippen molar-refractivity contribution in [1.29, 1.82) is 0 Å². The maximum Gasteiger partial charge on any atom is 0.176 e. The molecule has 0 radical (unpaired) electrons. The third-order valence-electron chi connectivity index (χ3n) is 5.97. The van der Waals surface area contributed by atoms with Gasteiger partial charge in [0, 0.05) is 34.6 Å². The number of rotatable bonds is 3. The Hall–Kier alpha value is -3.07. The summed E-state index contributed by atoms with van der Waals surface area (Å²) < 4.78 is 15.8. The van der Waals surface area contributed by atoms with Gasteiger partial charge in [-0.05, 0) is 36.1 Å². The number of allylic oxidation sites excluding steroid dienone is 1. The summed E-state index contributed by atoms with van der Waals surface area (Å²) in [4.78, 5) is 13.1. The van der Waals surface area contributed by atoms with Gasteiger partial charge in [0.05, 0.1) is 0 Å². The highest BCUT2D eigenvalue weighted by Crippen LogP contribution is 2.41. The molecule has 2 unspecified atom stereocenters. The maximum absolute atomic E-state index is 13.7. The summed E-state index contributed by atoms with van der Waals surface area (Å²) in [5, 5.41) is 0. The van der Waals surface area contributed by atoms with E-state index in [0.717, 1.165) is 24.9 Å². The highest BCUT2D eigenvalue weighted by Gasteiger charge is 2.36. The van der Waals surface area contributed by atoms with Crippen molar-refractivity contribution >= 4 is 11.9 Å². The molecule has 0 spiro atoms. The first kappa shape index (κ1) is 17.1. The molecule has 1 heterocycles. The van der Waals surface area contributed by atoms with Gasteiger partial charge < -0.3 is 0 Å². The number of hydrogen-bond acceptors (Lipinski definition) is 1. The number of pyridine rings is 1. The molecule has 3 heteroatoms. The van der Waals surface area contributed by atoms with Crippen LogP contribution in [-0.2, 0) is 13.0 Å². The fraction of sp³-hybridized carbons (Fsp3) is 0.200. The Bertz CT molecular complexity index is 1090. The van der Waals surface area contributed by atoms with E-state index in [1.807, 2.05) is 6.07 Å². The van der Waals surface area contributed by atoms with Crippen molar-refractivity contribution in [1.82, 2.24) is 0 Å². The van der Waals surface area contributed by atoms with E-state index < -0.39 is 0 Å². The average Bonchev–Trinajstić information content (AvgIpc) is 3.12. The summed E-state index contributed by atoms with van der Waals surface area (Å²) in [5.74, 6) is -0.302. The first-order valence-corrected chi connectivity index (χ1v) is 9.77. The number of ketones is 1. The molecule has 28 heavy (non-hydrogen) atoms. The minimum atomic E-state index is -0.336. The molecule has 138 valence electrons. The van der Waals surface area contributed by atoms with Crippen LogP contribution in [0.5, 0.6) is 0 Å². The Labute approximate surface area is 164 Å². The van der Waals surface area contributed by atoms with Crippen molar-refractivity contribution in [2.75, 3.05) is 0 Å². The van der Waals surface area contributed by atoms with E-state index in [0.29, 0.717) is 5.56 Å². The van der Waals surface area contributed by atoms with E-state index in [-0.39, 0.29) is 23.4 Å². The average molecular weight is 370 g/mol. The number of hydrogen-bond donors (Lipinski definition) is 0. The number of Topliss-reactive ketones (excluding diaryl/α,β-unsaturated/α-hetero) is 1. The molecule has 0 bridgehead atoms. The third-order valence-corrected chi connectivity index (χ3v) is 5.97. The van der Waals surface area contributed by atoms with Gasteiger partial charge in [-0.3, -0.25) is 4.79 Å². The van der Waals surface area contributed by atoms with E-state index in [2.05, 4.69) is 59.4 Å². The molecule has 2 nitrogen and oxygen atoms in total. The number of carbonyl (C=O) groups excluding carboxylic acids is 1. The van der Waals surface area contributed by atoms with Crippen molar-refractivity contribution in [3.8, 4) is 0 Å². The Balaban J connectivity index is 1.41. The summed E-state index contributed by atoms with van der Waals surface area (Å²) in [6.45, 7) is 0.821. The van der Waals surface area contributed by atoms with Gasteiger partial charge in [0.1, 0.15) is 5.82 Å². The Morgan fingerprint density at radius 2 is 1.93 bits per heavy atom. The van der Waals surface area contributed by atoms with Crippen molar-refractivity contribution in [2.45, 2.75) is 25.3 Å². The van der Waals surface area contributed by atoms with Crippen molar-refractivity contribution < 1.29 is 13.8 Å². The minimum Gasteiger partial charge on any atom is -0.294 e. The first-order valence-electron chi connectivity index (χ1n) is 9.77. The van der Waals surface area contributed by atoms with E-state index in [1.165, 1.54) is 28.8 Å². The monoisotopic (exact) mass is 370 g/mol. The van der Waals surface area contributed by atoms with Crippen LogP contribution < -0.4 is 4.57 Å². The molecule has 0 saturated carbocycles. The lowest BCUT2D eigenvalue weighted by atomic mass is 9.74. The number of aromatic nitrogens is 1. The number of carbonyl (C=O) groups is 1. The number of fused-ring (bicyclic) bond motifs is 2. The SMILES string of the molecule is O=C1c2cc(F)ccc2CCC1C1C=Cc2c[n+](Cc3ccccc3)ccc21. The van der Waals surface area contributed by atoms with Gasteiger partial charge in [-0.1, -0.05) is 48.6 Å². The number of benzene rings is 2. The summed E-state index contributed by atoms with van der Waals surface area (Å²) >= 11 is 0. The standard InChI is InChI=1S/C25H21FNO/c26-20-9-6-18-7-11-23(25(28)24(18)14-20)22-10-8-19-16-27(13-12-21(19)22)15-17-4-2-1-3-5-17/h1-6,8-10,12-14,16,22-23H,7,11,15H2/q+1. The second kappa shape index (κ2) is 6.83. The van der Waals surface area contributed by atoms with Crippen LogP contribution in [0, 0.1) is 11.7 Å². The van der Waals surface area contributed by atoms with Gasteiger partial charge in [0.15, 0.2) is 24.7 Å². The molecule has 0 aliphatic heterocycles. The second-order valence-corrected chi connectivity index (χ2v) is 7.71. The van der Waals surface area contributed by atoms with Gasteiger partial charge in [0.25, 0.3) is 0 Å². The van der Waals surface area contributed by atoms with E-state index in [4.69, 9.17) is 0 Å². The van der Waals surface area contributed by atoms with Crippen LogP contribution in [0.2, 0.25) is 0 Å². The van der Waals surface area contributed by atoms with Crippen molar-refractivity contribution in [3.05, 3.63) is 107 Å². The van der Waals surface area contributed by atoms with Gasteiger partial charge in [-0.25, -0.2) is 8.96 Å². The molecule has 0 saturated heterocycles. The molecule has 5 rings (SSSR count). The molecular weight excluding hydrogens is 349 g/mol. The molecule has 2 aliphatic carbocycles. The van der Waals surface area contributed by atoms with Gasteiger partial charge in [-0.2, -0.15) is 0 Å². The van der Waals surface area contributed by atoms with Crippen molar-refractivity contribution in [3.63, 3.8) is 0 Å². The lowest BCUT2D eigenvalue weighted by molar-refractivity contribution is -0.688. The van der Waals surface area contributed by atoms with E-state index in [9.17, 15) is 9.18 Å². The van der Waals surface area contributed by atoms with Crippen LogP contribution in [-0.4, -0.2) is 5.78 Å². The van der Waals surface area contributed by atoms with Gasteiger partial charge in [0.2, 0.25) is 0 Å². The van der Waals surface area contributed by atoms with Crippen LogP contribution in [0.3, 0.4) is 0 Å². The molecule has 2 atom stereocenters. The largest absolute Gasteiger partial charge is 0.294 e. The smallest absolute Gasteiger partial charge is 0.176 e. The minimum absolute atomic E-state index is 0.0734. The van der Waals surface area contributed by atoms with Gasteiger partial charge in [-0.15, -0.1) is 0 Å².